The molecule has 4 rings (SSSR count). The van der Waals surface area contributed by atoms with Crippen molar-refractivity contribution in [3.63, 3.8) is 0 Å². The highest BCUT2D eigenvalue weighted by atomic mass is 35.5. The van der Waals surface area contributed by atoms with E-state index in [2.05, 4.69) is 10.6 Å². The number of benzene rings is 3. The summed E-state index contributed by atoms with van der Waals surface area (Å²) >= 11 is 6.15. The summed E-state index contributed by atoms with van der Waals surface area (Å²) in [6.07, 6.45) is -3.02. The summed E-state index contributed by atoms with van der Waals surface area (Å²) in [5, 5.41) is 17.6. The number of phenolic OH excluding ortho intramolecular Hbond substituents is 1. The van der Waals surface area contributed by atoms with Crippen molar-refractivity contribution in [1.82, 2.24) is 10.6 Å². The van der Waals surface area contributed by atoms with Crippen LogP contribution in [0.1, 0.15) is 41.4 Å². The highest BCUT2D eigenvalue weighted by molar-refractivity contribution is 6.30. The van der Waals surface area contributed by atoms with E-state index in [1.165, 1.54) is 18.2 Å². The summed E-state index contributed by atoms with van der Waals surface area (Å²) in [7, 11) is 0. The second kappa shape index (κ2) is 9.37. The van der Waals surface area contributed by atoms with E-state index in [0.29, 0.717) is 22.8 Å². The monoisotopic (exact) mass is 474 g/mol. The van der Waals surface area contributed by atoms with Gasteiger partial charge in [0.15, 0.2) is 0 Å². The molecule has 4 nitrogen and oxygen atoms in total. The molecule has 2 atom stereocenters. The molecule has 0 amide bonds. The van der Waals surface area contributed by atoms with E-state index in [-0.39, 0.29) is 5.75 Å². The second-order valence-electron chi connectivity index (χ2n) is 7.58. The molecule has 1 heterocycles. The van der Waals surface area contributed by atoms with Gasteiger partial charge < -0.3 is 15.2 Å². The average Bonchev–Trinajstić information content (AvgIpc) is 2.80. The smallest absolute Gasteiger partial charge is 0.416 e. The fraction of sp³-hybridized carbons (Fsp3) is 0.200. The molecular formula is C25H22ClF3N2O2. The first-order chi connectivity index (χ1) is 15.7. The fourth-order valence-corrected chi connectivity index (χ4v) is 3.90. The number of hydrogen-bond acceptors (Lipinski definition) is 4. The third-order valence-electron chi connectivity index (χ3n) is 5.35. The molecule has 0 spiro atoms. The average molecular weight is 475 g/mol. The first-order valence-electron chi connectivity index (χ1n) is 10.4. The largest absolute Gasteiger partial charge is 0.508 e. The molecule has 0 radical (unpaired) electrons. The first kappa shape index (κ1) is 23.0. The van der Waals surface area contributed by atoms with E-state index >= 15 is 0 Å². The van der Waals surface area contributed by atoms with Crippen molar-refractivity contribution < 1.29 is 23.0 Å². The van der Waals surface area contributed by atoms with Gasteiger partial charge in [-0.3, -0.25) is 5.32 Å². The Balaban J connectivity index is 1.71. The highest BCUT2D eigenvalue weighted by Crippen LogP contribution is 2.36. The van der Waals surface area contributed by atoms with Crippen LogP contribution in [0.25, 0.3) is 5.70 Å². The molecule has 3 aromatic carbocycles. The van der Waals surface area contributed by atoms with Crippen LogP contribution in [-0.4, -0.2) is 11.7 Å². The van der Waals surface area contributed by atoms with Crippen LogP contribution in [-0.2, 0) is 6.18 Å². The summed E-state index contributed by atoms with van der Waals surface area (Å²) < 4.78 is 44.5. The van der Waals surface area contributed by atoms with Crippen molar-refractivity contribution >= 4 is 17.3 Å². The molecule has 0 aromatic heterocycles. The zero-order chi connectivity index (χ0) is 23.6. The summed E-state index contributed by atoms with van der Waals surface area (Å²) in [5.41, 5.74) is 2.08. The molecular weight excluding hydrogens is 453 g/mol. The van der Waals surface area contributed by atoms with Crippen LogP contribution >= 0.6 is 11.6 Å². The maximum Gasteiger partial charge on any atom is 0.416 e. The highest BCUT2D eigenvalue weighted by Gasteiger charge is 2.31. The van der Waals surface area contributed by atoms with Gasteiger partial charge >= 0.3 is 6.18 Å². The van der Waals surface area contributed by atoms with Gasteiger partial charge in [-0.2, -0.15) is 13.2 Å². The molecule has 0 fully saturated rings. The van der Waals surface area contributed by atoms with Crippen molar-refractivity contribution in [3.05, 3.63) is 100 Å². The second-order valence-corrected chi connectivity index (χ2v) is 8.02. The lowest BCUT2D eigenvalue weighted by Gasteiger charge is -2.33. The van der Waals surface area contributed by atoms with Crippen LogP contribution < -0.4 is 15.4 Å². The van der Waals surface area contributed by atoms with E-state index in [1.54, 1.807) is 12.1 Å². The molecule has 0 saturated heterocycles. The first-order valence-corrected chi connectivity index (χ1v) is 10.8. The number of rotatable bonds is 5. The molecule has 2 unspecified atom stereocenters. The molecule has 0 aliphatic carbocycles. The van der Waals surface area contributed by atoms with Crippen molar-refractivity contribution in [2.24, 2.45) is 0 Å². The van der Waals surface area contributed by atoms with Crippen LogP contribution in [0.3, 0.4) is 0 Å². The Morgan fingerprint density at radius 2 is 1.70 bits per heavy atom. The van der Waals surface area contributed by atoms with E-state index in [4.69, 9.17) is 16.3 Å². The third-order valence-corrected chi connectivity index (χ3v) is 5.59. The summed E-state index contributed by atoms with van der Waals surface area (Å²) in [5.74, 6) is 0.798. The Bertz CT molecular complexity index is 1150. The molecule has 1 aliphatic heterocycles. The van der Waals surface area contributed by atoms with Crippen molar-refractivity contribution in [1.29, 1.82) is 0 Å². The van der Waals surface area contributed by atoms with E-state index in [9.17, 15) is 18.3 Å². The zero-order valence-corrected chi connectivity index (χ0v) is 18.4. The minimum Gasteiger partial charge on any atom is -0.508 e. The van der Waals surface area contributed by atoms with Gasteiger partial charge in [-0.1, -0.05) is 23.7 Å². The number of halogens is 4. The minimum atomic E-state index is -4.41. The van der Waals surface area contributed by atoms with Gasteiger partial charge in [0.05, 0.1) is 18.2 Å². The number of phenols is 1. The maximum absolute atomic E-state index is 13.0. The Kier molecular flexibility index (Phi) is 6.54. The quantitative estimate of drug-likeness (QED) is 0.398. The standard InChI is InChI=1S/C25H22ClF3N2O2/c1-2-33-19-10-5-15(6-11-19)21-14-22(20-13-18(26)9-12-23(20)32)31-24(30-21)16-3-7-17(8-4-16)25(27,28)29/h3-14,22,24,30-32H,2H2,1H3. The molecule has 1 aliphatic rings. The van der Waals surface area contributed by atoms with Crippen LogP contribution in [0.4, 0.5) is 13.2 Å². The molecule has 172 valence electrons. The lowest BCUT2D eigenvalue weighted by Crippen LogP contribution is -2.39. The minimum absolute atomic E-state index is 0.0623. The lowest BCUT2D eigenvalue weighted by atomic mass is 9.97. The summed E-state index contributed by atoms with van der Waals surface area (Å²) in [6, 6.07) is 16.8. The lowest BCUT2D eigenvalue weighted by molar-refractivity contribution is -0.137. The van der Waals surface area contributed by atoms with E-state index in [1.807, 2.05) is 37.3 Å². The Morgan fingerprint density at radius 1 is 1.00 bits per heavy atom. The normalized spacial score (nSPS) is 18.4. The number of hydrogen-bond donors (Lipinski definition) is 3. The number of ether oxygens (including phenoxy) is 1. The van der Waals surface area contributed by atoms with Gasteiger partial charge in [-0.05, 0) is 78.7 Å². The zero-order valence-electron chi connectivity index (χ0n) is 17.7. The van der Waals surface area contributed by atoms with Gasteiger partial charge in [0.2, 0.25) is 0 Å². The number of alkyl halides is 3. The fourth-order valence-electron chi connectivity index (χ4n) is 3.71. The molecule has 8 heteroatoms. The Labute approximate surface area is 194 Å². The Hall–Kier alpha value is -3.16. The van der Waals surface area contributed by atoms with Crippen molar-refractivity contribution in [2.75, 3.05) is 6.61 Å². The van der Waals surface area contributed by atoms with Crippen LogP contribution in [0.5, 0.6) is 11.5 Å². The summed E-state index contributed by atoms with van der Waals surface area (Å²) in [4.78, 5) is 0. The summed E-state index contributed by atoms with van der Waals surface area (Å²) in [6.45, 7) is 2.46. The van der Waals surface area contributed by atoms with Crippen LogP contribution in [0, 0.1) is 0 Å². The molecule has 33 heavy (non-hydrogen) atoms. The van der Waals surface area contributed by atoms with Crippen LogP contribution in [0.15, 0.2) is 72.8 Å². The van der Waals surface area contributed by atoms with Crippen LogP contribution in [0.2, 0.25) is 5.02 Å². The van der Waals surface area contributed by atoms with E-state index < -0.39 is 23.9 Å². The maximum atomic E-state index is 13.0. The van der Waals surface area contributed by atoms with Crippen molar-refractivity contribution in [3.8, 4) is 11.5 Å². The van der Waals surface area contributed by atoms with Gasteiger partial charge in [0.25, 0.3) is 0 Å². The van der Waals surface area contributed by atoms with Gasteiger partial charge in [-0.25, -0.2) is 0 Å². The topological polar surface area (TPSA) is 53.5 Å². The van der Waals surface area contributed by atoms with Crippen molar-refractivity contribution in [2.45, 2.75) is 25.3 Å². The number of aromatic hydroxyl groups is 1. The predicted octanol–water partition coefficient (Wildman–Crippen LogP) is 6.44. The molecule has 3 N–H and O–H groups in total. The molecule has 0 bridgehead atoms. The van der Waals surface area contributed by atoms with Gasteiger partial charge in [0, 0.05) is 16.3 Å². The van der Waals surface area contributed by atoms with Gasteiger partial charge in [0.1, 0.15) is 17.7 Å². The Morgan fingerprint density at radius 3 is 2.33 bits per heavy atom. The molecule has 0 saturated carbocycles. The number of nitrogens with one attached hydrogen (secondary N) is 2. The predicted molar refractivity (Wildman–Crippen MR) is 122 cm³/mol. The third kappa shape index (κ3) is 5.26. The van der Waals surface area contributed by atoms with Gasteiger partial charge in [-0.15, -0.1) is 0 Å². The van der Waals surface area contributed by atoms with E-state index in [0.717, 1.165) is 29.1 Å². The SMILES string of the molecule is CCOc1ccc(C2=CC(c3cc(Cl)ccc3O)NC(c3ccc(C(F)(F)F)cc3)N2)cc1. The molecule has 3 aromatic rings.